The van der Waals surface area contributed by atoms with Crippen molar-refractivity contribution in [1.29, 1.82) is 0 Å². The Labute approximate surface area is 139 Å². The average molecular weight is 315 g/mol. The normalized spacial score (nSPS) is 11.6. The fraction of sp³-hybridized carbons (Fsp3) is 0.105. The fourth-order valence-corrected chi connectivity index (χ4v) is 3.02. The number of rotatable bonds is 3. The lowest BCUT2D eigenvalue weighted by Gasteiger charge is -2.01. The minimum absolute atomic E-state index is 1.07. The number of aryl methyl sites for hydroxylation is 2. The summed E-state index contributed by atoms with van der Waals surface area (Å²) >= 11 is 0. The molecule has 0 unspecified atom stereocenters. The maximum absolute atomic E-state index is 4.45. The smallest absolute Gasteiger partial charge is 0.141 e. The predicted octanol–water partition coefficient (Wildman–Crippen LogP) is 3.93. The van der Waals surface area contributed by atoms with Crippen LogP contribution in [0.15, 0.2) is 60.2 Å². The first-order chi connectivity index (χ1) is 11.7. The summed E-state index contributed by atoms with van der Waals surface area (Å²) in [6, 6.07) is 14.7. The van der Waals surface area contributed by atoms with Crippen LogP contribution in [-0.4, -0.2) is 26.1 Å². The summed E-state index contributed by atoms with van der Waals surface area (Å²) in [5.41, 5.74) is 6.87. The van der Waals surface area contributed by atoms with E-state index in [4.69, 9.17) is 0 Å². The van der Waals surface area contributed by atoms with Crippen molar-refractivity contribution < 1.29 is 0 Å². The third kappa shape index (κ3) is 2.50. The van der Waals surface area contributed by atoms with Crippen LogP contribution in [0.5, 0.6) is 0 Å². The molecular weight excluding hydrogens is 298 g/mol. The molecule has 0 amide bonds. The van der Waals surface area contributed by atoms with E-state index in [9.17, 15) is 0 Å². The predicted molar refractivity (Wildman–Crippen MR) is 96.2 cm³/mol. The van der Waals surface area contributed by atoms with Crippen LogP contribution in [0, 0.1) is 13.8 Å². The Morgan fingerprint density at radius 2 is 1.79 bits per heavy atom. The fourth-order valence-electron chi connectivity index (χ4n) is 3.02. The van der Waals surface area contributed by atoms with E-state index >= 15 is 0 Å². The average Bonchev–Trinajstić information content (AvgIpc) is 3.21. The third-order valence-corrected chi connectivity index (χ3v) is 4.08. The minimum Gasteiger partial charge on any atom is -0.354 e. The van der Waals surface area contributed by atoms with E-state index in [0.29, 0.717) is 0 Å². The molecule has 0 aliphatic carbocycles. The minimum atomic E-state index is 1.07. The van der Waals surface area contributed by atoms with Gasteiger partial charge in [0.1, 0.15) is 12.7 Å². The first kappa shape index (κ1) is 14.4. The summed E-state index contributed by atoms with van der Waals surface area (Å²) in [6.45, 7) is 4.24. The van der Waals surface area contributed by atoms with Crippen molar-refractivity contribution in [2.24, 2.45) is 5.10 Å². The van der Waals surface area contributed by atoms with Crippen LogP contribution in [0.2, 0.25) is 0 Å². The van der Waals surface area contributed by atoms with Crippen molar-refractivity contribution in [2.75, 3.05) is 0 Å². The van der Waals surface area contributed by atoms with E-state index in [1.807, 2.05) is 24.4 Å². The molecule has 0 aliphatic heterocycles. The highest BCUT2D eigenvalue weighted by molar-refractivity contribution is 6.06. The molecule has 118 valence electrons. The molecule has 0 saturated heterocycles. The van der Waals surface area contributed by atoms with Gasteiger partial charge in [0.25, 0.3) is 0 Å². The number of aromatic nitrogens is 4. The van der Waals surface area contributed by atoms with Gasteiger partial charge in [-0.3, -0.25) is 0 Å². The summed E-state index contributed by atoms with van der Waals surface area (Å²) in [5, 5.41) is 13.2. The number of hydrogen-bond donors (Lipinski definition) is 1. The van der Waals surface area contributed by atoms with Crippen molar-refractivity contribution >= 4 is 17.1 Å². The van der Waals surface area contributed by atoms with Crippen LogP contribution in [0.4, 0.5) is 0 Å². The summed E-state index contributed by atoms with van der Waals surface area (Å²) in [4.78, 5) is 3.57. The Bertz CT molecular complexity index is 1010. The van der Waals surface area contributed by atoms with Gasteiger partial charge in [0.15, 0.2) is 0 Å². The van der Waals surface area contributed by atoms with Crippen LogP contribution in [0.25, 0.3) is 22.2 Å². The lowest BCUT2D eigenvalue weighted by atomic mass is 10.0. The van der Waals surface area contributed by atoms with E-state index in [0.717, 1.165) is 22.3 Å². The van der Waals surface area contributed by atoms with E-state index in [-0.39, 0.29) is 0 Å². The number of nitrogens with zero attached hydrogens (tertiary/aromatic N) is 4. The number of benzene rings is 2. The van der Waals surface area contributed by atoms with Crippen molar-refractivity contribution in [3.8, 4) is 11.3 Å². The Kier molecular flexibility index (Phi) is 3.46. The highest BCUT2D eigenvalue weighted by Crippen LogP contribution is 2.31. The maximum atomic E-state index is 4.45. The lowest BCUT2D eigenvalue weighted by molar-refractivity contribution is 0.878. The highest BCUT2D eigenvalue weighted by Gasteiger charge is 2.13. The van der Waals surface area contributed by atoms with Gasteiger partial charge in [0, 0.05) is 16.5 Å². The molecule has 4 rings (SSSR count). The highest BCUT2D eigenvalue weighted by atomic mass is 15.4. The zero-order chi connectivity index (χ0) is 16.5. The van der Waals surface area contributed by atoms with Gasteiger partial charge >= 0.3 is 0 Å². The van der Waals surface area contributed by atoms with Crippen LogP contribution < -0.4 is 0 Å². The lowest BCUT2D eigenvalue weighted by Crippen LogP contribution is -1.90. The Hall–Kier alpha value is -3.21. The summed E-state index contributed by atoms with van der Waals surface area (Å²) in [6.07, 6.45) is 5.01. The number of fused-ring (bicyclic) bond motifs is 1. The molecule has 0 spiro atoms. The molecule has 5 nitrogen and oxygen atoms in total. The van der Waals surface area contributed by atoms with Gasteiger partial charge in [-0.15, -0.1) is 10.2 Å². The topological polar surface area (TPSA) is 58.9 Å². The van der Waals surface area contributed by atoms with Crippen LogP contribution in [0.1, 0.15) is 16.7 Å². The molecule has 24 heavy (non-hydrogen) atoms. The molecule has 0 saturated carbocycles. The van der Waals surface area contributed by atoms with Crippen LogP contribution in [0.3, 0.4) is 0 Å². The molecule has 0 aliphatic rings. The molecule has 1 N–H and O–H groups in total. The summed E-state index contributed by atoms with van der Waals surface area (Å²) < 4.78 is 1.59. The zero-order valence-electron chi connectivity index (χ0n) is 13.6. The second-order valence-electron chi connectivity index (χ2n) is 5.87. The van der Waals surface area contributed by atoms with E-state index in [1.54, 1.807) is 17.3 Å². The zero-order valence-corrected chi connectivity index (χ0v) is 13.6. The molecule has 5 heteroatoms. The largest absolute Gasteiger partial charge is 0.354 e. The van der Waals surface area contributed by atoms with Crippen LogP contribution >= 0.6 is 0 Å². The first-order valence-corrected chi connectivity index (χ1v) is 7.80. The number of nitrogens with one attached hydrogen (secondary N) is 1. The molecule has 0 radical (unpaired) electrons. The molecule has 0 atom stereocenters. The molecule has 0 bridgehead atoms. The van der Waals surface area contributed by atoms with Crippen LogP contribution in [-0.2, 0) is 0 Å². The molecular formula is C19H17N5. The SMILES string of the molecule is Cc1cc(C)c2[nH]c(-c3ccccc3)c(/C=N\n3cnnc3)c2c1. The maximum Gasteiger partial charge on any atom is 0.141 e. The number of aromatic amines is 1. The molecule has 2 aromatic carbocycles. The Balaban J connectivity index is 1.97. The molecule has 2 aromatic heterocycles. The van der Waals surface area contributed by atoms with Crippen molar-refractivity contribution in [3.05, 3.63) is 71.8 Å². The van der Waals surface area contributed by atoms with Gasteiger partial charge in [-0.05, 0) is 31.0 Å². The van der Waals surface area contributed by atoms with Gasteiger partial charge in [-0.25, -0.2) is 4.68 Å². The third-order valence-electron chi connectivity index (χ3n) is 4.08. The number of hydrogen-bond acceptors (Lipinski definition) is 3. The number of H-pyrrole nitrogens is 1. The first-order valence-electron chi connectivity index (χ1n) is 7.80. The monoisotopic (exact) mass is 315 g/mol. The molecule has 2 heterocycles. The van der Waals surface area contributed by atoms with E-state index < -0.39 is 0 Å². The quantitative estimate of drug-likeness (QED) is 0.582. The molecule has 4 aromatic rings. The summed E-state index contributed by atoms with van der Waals surface area (Å²) in [7, 11) is 0. The summed E-state index contributed by atoms with van der Waals surface area (Å²) in [5.74, 6) is 0. The van der Waals surface area contributed by atoms with Gasteiger partial charge in [-0.2, -0.15) is 5.10 Å². The van der Waals surface area contributed by atoms with Gasteiger partial charge in [0.2, 0.25) is 0 Å². The van der Waals surface area contributed by atoms with Crippen molar-refractivity contribution in [2.45, 2.75) is 13.8 Å². The Morgan fingerprint density at radius 1 is 1.04 bits per heavy atom. The van der Waals surface area contributed by atoms with Gasteiger partial charge in [0.05, 0.1) is 11.9 Å². The molecule has 0 fully saturated rings. The van der Waals surface area contributed by atoms with Gasteiger partial charge in [-0.1, -0.05) is 42.0 Å². The Morgan fingerprint density at radius 3 is 2.54 bits per heavy atom. The van der Waals surface area contributed by atoms with E-state index in [1.165, 1.54) is 16.5 Å². The standard InChI is InChI=1S/C19H17N5/c1-13-8-14(2)18-16(9-13)17(10-22-24-11-20-21-12-24)19(23-18)15-6-4-3-5-7-15/h3-12,23H,1-2H3/b22-10-. The van der Waals surface area contributed by atoms with Crippen molar-refractivity contribution in [1.82, 2.24) is 19.9 Å². The second-order valence-corrected chi connectivity index (χ2v) is 5.87. The van der Waals surface area contributed by atoms with Gasteiger partial charge < -0.3 is 4.98 Å². The second kappa shape index (κ2) is 5.77. The van der Waals surface area contributed by atoms with Crippen molar-refractivity contribution in [3.63, 3.8) is 0 Å². The van der Waals surface area contributed by atoms with E-state index in [2.05, 4.69) is 58.4 Å².